The molecule has 1 aromatic carbocycles. The monoisotopic (exact) mass is 357 g/mol. The second-order valence-corrected chi connectivity index (χ2v) is 8.08. The van der Waals surface area contributed by atoms with Crippen molar-refractivity contribution in [2.24, 2.45) is 11.8 Å². The van der Waals surface area contributed by atoms with E-state index in [-0.39, 0.29) is 16.6 Å². The molecule has 0 saturated heterocycles. The number of nitrogens with one attached hydrogen (secondary N) is 1. The molecular weight excluding hydrogens is 333 g/mol. The number of sulfonamides is 1. The average molecular weight is 357 g/mol. The van der Waals surface area contributed by atoms with Gasteiger partial charge in [0.2, 0.25) is 5.91 Å². The van der Waals surface area contributed by atoms with Gasteiger partial charge < -0.3 is 0 Å². The van der Waals surface area contributed by atoms with E-state index in [1.807, 2.05) is 18.6 Å². The van der Waals surface area contributed by atoms with E-state index in [9.17, 15) is 22.4 Å². The molecule has 0 aliphatic rings. The molecule has 7 heteroatoms. The largest absolute Gasteiger partial charge is 0.299 e. The van der Waals surface area contributed by atoms with Crippen LogP contribution in [0.5, 0.6) is 0 Å². The lowest BCUT2D eigenvalue weighted by Crippen LogP contribution is -2.33. The van der Waals surface area contributed by atoms with Crippen molar-refractivity contribution < 1.29 is 22.4 Å². The minimum absolute atomic E-state index is 0.0558. The van der Waals surface area contributed by atoms with Crippen molar-refractivity contribution in [2.75, 3.05) is 0 Å². The van der Waals surface area contributed by atoms with Gasteiger partial charge in [0.1, 0.15) is 11.6 Å². The molecule has 1 N–H and O–H groups in total. The van der Waals surface area contributed by atoms with Gasteiger partial charge in [-0.05, 0) is 36.6 Å². The van der Waals surface area contributed by atoms with E-state index in [1.165, 1.54) is 12.1 Å². The number of amides is 1. The number of hydrogen-bond donors (Lipinski definition) is 1. The van der Waals surface area contributed by atoms with E-state index in [0.717, 1.165) is 6.07 Å². The summed E-state index contributed by atoms with van der Waals surface area (Å²) in [6, 6.07) is 3.45. The average Bonchev–Trinajstić information content (AvgIpc) is 2.45. The van der Waals surface area contributed by atoms with Crippen molar-refractivity contribution in [2.45, 2.75) is 51.9 Å². The van der Waals surface area contributed by atoms with Crippen LogP contribution in [0, 0.1) is 17.7 Å². The molecule has 0 aromatic heterocycles. The summed E-state index contributed by atoms with van der Waals surface area (Å²) in [7, 11) is -4.11. The number of Topliss-reactive ketones (excluding diaryl/α,β-unsaturated/α-hetero) is 1. The third-order valence-electron chi connectivity index (χ3n) is 3.53. The Hall–Kier alpha value is -1.76. The third-order valence-corrected chi connectivity index (χ3v) is 4.86. The molecule has 0 radical (unpaired) electrons. The number of halogens is 1. The maximum Gasteiger partial charge on any atom is 0.264 e. The Kier molecular flexibility index (Phi) is 7.08. The second kappa shape index (κ2) is 8.37. The van der Waals surface area contributed by atoms with Crippen molar-refractivity contribution in [1.82, 2.24) is 4.72 Å². The zero-order valence-corrected chi connectivity index (χ0v) is 15.2. The van der Waals surface area contributed by atoms with E-state index >= 15 is 0 Å². The fraction of sp³-hybridized carbons (Fsp3) is 0.529. The van der Waals surface area contributed by atoms with Crippen molar-refractivity contribution in [3.8, 4) is 0 Å². The first-order valence-electron chi connectivity index (χ1n) is 7.91. The van der Waals surface area contributed by atoms with Gasteiger partial charge in [0.05, 0.1) is 4.90 Å². The van der Waals surface area contributed by atoms with Crippen LogP contribution in [0.3, 0.4) is 0 Å². The Morgan fingerprint density at radius 3 is 2.25 bits per heavy atom. The first-order valence-corrected chi connectivity index (χ1v) is 9.40. The molecule has 0 fully saturated rings. The standard InChI is InChI=1S/C17H24FNO4S/c1-11(2)16(20)7-5-6-13-8-14(18)10-15(9-13)24(22,23)19-17(21)12(3)4/h8-12H,5-7H2,1-4H3,(H,19,21). The number of benzene rings is 1. The third kappa shape index (κ3) is 6.03. The summed E-state index contributed by atoms with van der Waals surface area (Å²) < 4.78 is 40.0. The lowest BCUT2D eigenvalue weighted by Gasteiger charge is -2.11. The molecule has 5 nitrogen and oxygen atoms in total. The zero-order chi connectivity index (χ0) is 18.5. The number of hydrogen-bond acceptors (Lipinski definition) is 4. The van der Waals surface area contributed by atoms with E-state index in [1.54, 1.807) is 13.8 Å². The van der Waals surface area contributed by atoms with Crippen molar-refractivity contribution in [1.29, 1.82) is 0 Å². The summed E-state index contributed by atoms with van der Waals surface area (Å²) in [4.78, 5) is 22.9. The van der Waals surface area contributed by atoms with Crippen LogP contribution >= 0.6 is 0 Å². The molecule has 0 aliphatic heterocycles. The minimum Gasteiger partial charge on any atom is -0.299 e. The summed E-state index contributed by atoms with van der Waals surface area (Å²) >= 11 is 0. The smallest absolute Gasteiger partial charge is 0.264 e. The van der Waals surface area contributed by atoms with Crippen LogP contribution < -0.4 is 4.72 Å². The normalized spacial score (nSPS) is 11.8. The summed E-state index contributed by atoms with van der Waals surface area (Å²) in [5, 5.41) is 0. The summed E-state index contributed by atoms with van der Waals surface area (Å²) in [5.41, 5.74) is 0.476. The van der Waals surface area contributed by atoms with Gasteiger partial charge in [0.25, 0.3) is 10.0 Å². The van der Waals surface area contributed by atoms with Crippen molar-refractivity contribution in [3.63, 3.8) is 0 Å². The fourth-order valence-corrected chi connectivity index (χ4v) is 3.18. The highest BCUT2D eigenvalue weighted by molar-refractivity contribution is 7.90. The molecule has 1 rings (SSSR count). The van der Waals surface area contributed by atoms with Crippen LogP contribution in [0.25, 0.3) is 0 Å². The van der Waals surface area contributed by atoms with Gasteiger partial charge in [0.15, 0.2) is 0 Å². The van der Waals surface area contributed by atoms with Crippen LogP contribution in [0.4, 0.5) is 4.39 Å². The van der Waals surface area contributed by atoms with Crippen LogP contribution in [-0.2, 0) is 26.0 Å². The number of ketones is 1. The number of rotatable bonds is 8. The van der Waals surface area contributed by atoms with Gasteiger partial charge in [-0.1, -0.05) is 27.7 Å². The first-order chi connectivity index (χ1) is 11.0. The molecule has 1 amide bonds. The van der Waals surface area contributed by atoms with Crippen LogP contribution in [0.15, 0.2) is 23.1 Å². The van der Waals surface area contributed by atoms with Gasteiger partial charge >= 0.3 is 0 Å². The molecule has 0 spiro atoms. The maximum absolute atomic E-state index is 13.7. The van der Waals surface area contributed by atoms with Gasteiger partial charge in [-0.15, -0.1) is 0 Å². The van der Waals surface area contributed by atoms with Crippen LogP contribution in [-0.4, -0.2) is 20.1 Å². The van der Waals surface area contributed by atoms with E-state index in [2.05, 4.69) is 0 Å². The number of carbonyl (C=O) groups excluding carboxylic acids is 2. The minimum atomic E-state index is -4.11. The summed E-state index contributed by atoms with van der Waals surface area (Å²) in [6.07, 6.45) is 1.26. The zero-order valence-electron chi connectivity index (χ0n) is 14.4. The van der Waals surface area contributed by atoms with Gasteiger partial charge in [-0.25, -0.2) is 17.5 Å². The molecule has 134 valence electrons. The second-order valence-electron chi connectivity index (χ2n) is 6.39. The molecule has 0 atom stereocenters. The Balaban J connectivity index is 2.89. The fourth-order valence-electron chi connectivity index (χ4n) is 1.98. The Labute approximate surface area is 142 Å². The van der Waals surface area contributed by atoms with Crippen molar-refractivity contribution in [3.05, 3.63) is 29.6 Å². The topological polar surface area (TPSA) is 80.3 Å². The Morgan fingerprint density at radius 2 is 1.71 bits per heavy atom. The molecule has 0 saturated carbocycles. The van der Waals surface area contributed by atoms with Crippen molar-refractivity contribution >= 4 is 21.7 Å². The molecule has 0 bridgehead atoms. The first kappa shape index (κ1) is 20.3. The van der Waals surface area contributed by atoms with Crippen LogP contribution in [0.2, 0.25) is 0 Å². The number of carbonyl (C=O) groups is 2. The maximum atomic E-state index is 13.7. The SMILES string of the molecule is CC(C)C(=O)CCCc1cc(F)cc(S(=O)(=O)NC(=O)C(C)C)c1. The summed E-state index contributed by atoms with van der Waals surface area (Å²) in [5.74, 6) is -1.79. The van der Waals surface area contributed by atoms with Gasteiger partial charge in [0, 0.05) is 18.3 Å². The quantitative estimate of drug-likeness (QED) is 0.776. The van der Waals surface area contributed by atoms with E-state index in [0.29, 0.717) is 24.8 Å². The molecule has 0 unspecified atom stereocenters. The molecule has 24 heavy (non-hydrogen) atoms. The van der Waals surface area contributed by atoms with Gasteiger partial charge in [-0.3, -0.25) is 9.59 Å². The predicted molar refractivity (Wildman–Crippen MR) is 89.3 cm³/mol. The Bertz CT molecular complexity index is 711. The van der Waals surface area contributed by atoms with E-state index in [4.69, 9.17) is 0 Å². The lowest BCUT2D eigenvalue weighted by molar-refractivity contribution is -0.122. The summed E-state index contributed by atoms with van der Waals surface area (Å²) in [6.45, 7) is 6.75. The number of aryl methyl sites for hydroxylation is 1. The van der Waals surface area contributed by atoms with Gasteiger partial charge in [-0.2, -0.15) is 0 Å². The highest BCUT2D eigenvalue weighted by atomic mass is 32.2. The molecule has 1 aromatic rings. The molecule has 0 heterocycles. The van der Waals surface area contributed by atoms with E-state index < -0.39 is 27.7 Å². The van der Waals surface area contributed by atoms with Crippen LogP contribution in [0.1, 0.15) is 46.1 Å². The molecule has 0 aliphatic carbocycles. The predicted octanol–water partition coefficient (Wildman–Crippen LogP) is 2.83. The molecular formula is C17H24FNO4S. The highest BCUT2D eigenvalue weighted by Gasteiger charge is 2.21. The lowest BCUT2D eigenvalue weighted by atomic mass is 10.0. The highest BCUT2D eigenvalue weighted by Crippen LogP contribution is 2.17. The Morgan fingerprint density at radius 1 is 1.08 bits per heavy atom.